The van der Waals surface area contributed by atoms with Crippen molar-refractivity contribution in [1.29, 1.82) is 0 Å². The molecule has 14 heteroatoms. The number of para-hydroxylation sites is 1. The van der Waals surface area contributed by atoms with Gasteiger partial charge < -0.3 is 0 Å². The van der Waals surface area contributed by atoms with Crippen molar-refractivity contribution >= 4 is 28.7 Å². The summed E-state index contributed by atoms with van der Waals surface area (Å²) < 4.78 is 37.2. The minimum atomic E-state index is -4.16. The van der Waals surface area contributed by atoms with Crippen LogP contribution in [0.5, 0.6) is 5.75 Å². The fourth-order valence-corrected chi connectivity index (χ4v) is 6.82. The van der Waals surface area contributed by atoms with Crippen LogP contribution in [-0.2, 0) is 23.4 Å². The summed E-state index contributed by atoms with van der Waals surface area (Å²) in [6.07, 6.45) is -1.95. The van der Waals surface area contributed by atoms with E-state index in [1.54, 1.807) is 44.2 Å². The first-order chi connectivity index (χ1) is 17.0. The first kappa shape index (κ1) is 28.3. The van der Waals surface area contributed by atoms with Crippen molar-refractivity contribution in [2.75, 3.05) is 6.61 Å². The summed E-state index contributed by atoms with van der Waals surface area (Å²) in [6, 6.07) is 8.41. The molecular formula is C22H30N3O9PSe. The molecule has 0 aliphatic carbocycles. The number of hydrogen-bond donors (Lipinski definition) is 3. The van der Waals surface area contributed by atoms with Crippen molar-refractivity contribution in [3.05, 3.63) is 63.4 Å². The first-order valence-corrected chi connectivity index (χ1v) is 15.4. The van der Waals surface area contributed by atoms with Crippen molar-refractivity contribution < 1.29 is 33.0 Å². The number of rotatable bonds is 11. The van der Waals surface area contributed by atoms with Crippen molar-refractivity contribution in [1.82, 2.24) is 14.6 Å². The molecule has 1 saturated heterocycles. The van der Waals surface area contributed by atoms with Gasteiger partial charge in [0.05, 0.1) is 0 Å². The molecule has 2 heterocycles. The predicted molar refractivity (Wildman–Crippen MR) is 131 cm³/mol. The third-order valence-electron chi connectivity index (χ3n) is 5.14. The molecule has 0 bridgehead atoms. The molecule has 12 nitrogen and oxygen atoms in total. The number of nitrogens with zero attached hydrogens (tertiary/aromatic N) is 1. The zero-order chi connectivity index (χ0) is 26.5. The van der Waals surface area contributed by atoms with E-state index in [1.807, 2.05) is 5.82 Å². The van der Waals surface area contributed by atoms with Crippen molar-refractivity contribution in [3.8, 4) is 5.75 Å². The van der Waals surface area contributed by atoms with Crippen molar-refractivity contribution in [2.45, 2.75) is 62.0 Å². The van der Waals surface area contributed by atoms with Gasteiger partial charge in [0.1, 0.15) is 0 Å². The van der Waals surface area contributed by atoms with E-state index in [-0.39, 0.29) is 33.4 Å². The van der Waals surface area contributed by atoms with E-state index in [1.165, 1.54) is 23.8 Å². The van der Waals surface area contributed by atoms with Crippen LogP contribution in [0.3, 0.4) is 0 Å². The number of carbonyl (C=O) groups is 1. The number of aromatic nitrogens is 2. The van der Waals surface area contributed by atoms with E-state index in [9.17, 15) is 24.1 Å². The van der Waals surface area contributed by atoms with Gasteiger partial charge in [0, 0.05) is 0 Å². The van der Waals surface area contributed by atoms with Crippen LogP contribution in [0.2, 0.25) is 10.6 Å². The second-order valence-electron chi connectivity index (χ2n) is 8.31. The summed E-state index contributed by atoms with van der Waals surface area (Å²) >= 11 is -0.161. The van der Waals surface area contributed by atoms with Crippen LogP contribution >= 0.6 is 7.75 Å². The van der Waals surface area contributed by atoms with E-state index in [2.05, 4.69) is 10.1 Å². The number of carbonyl (C=O) groups excluding carboxylic acids is 1. The molecular weight excluding hydrogens is 560 g/mol. The summed E-state index contributed by atoms with van der Waals surface area (Å²) in [6.45, 7) is 4.47. The Hall–Kier alpha value is -2.24. The standard InChI is InChI=1S/C22H30N3O9PSe/c1-13(2)32-21(28)14(3)24-35(30,34-15-8-6-5-7-9-15)31-12-16-18(27)19(36-4)20(33-16)25-11-10-17(26)23-22(25)29/h5-11,13-14,16,18-20,27H,12H2,1-4H3,(H,24,30)(H,23,26,29)/t14-,16+,18+,19-,20+,35?/m0/s1. The van der Waals surface area contributed by atoms with Gasteiger partial charge in [-0.25, -0.2) is 0 Å². The third-order valence-corrected chi connectivity index (χ3v) is 9.00. The molecule has 1 aromatic carbocycles. The Bertz CT molecular complexity index is 1190. The number of H-pyrrole nitrogens is 1. The molecule has 0 saturated carbocycles. The van der Waals surface area contributed by atoms with Crippen molar-refractivity contribution in [3.63, 3.8) is 0 Å². The Labute approximate surface area is 214 Å². The normalized spacial score (nSPS) is 24.3. The first-order valence-electron chi connectivity index (χ1n) is 11.2. The number of aliphatic hydroxyl groups excluding tert-OH is 1. The number of ether oxygens (including phenoxy) is 2. The number of esters is 1. The van der Waals surface area contributed by atoms with Crippen LogP contribution in [0, 0.1) is 0 Å². The maximum atomic E-state index is 13.6. The van der Waals surface area contributed by atoms with Crippen LogP contribution in [-0.4, -0.2) is 66.5 Å². The Kier molecular flexibility index (Phi) is 9.71. The van der Waals surface area contributed by atoms with E-state index in [4.69, 9.17) is 18.5 Å². The number of aromatic amines is 1. The molecule has 6 atom stereocenters. The average Bonchev–Trinajstić information content (AvgIpc) is 3.12. The molecule has 1 fully saturated rings. The molecule has 1 aromatic heterocycles. The van der Waals surface area contributed by atoms with E-state index < -0.39 is 54.3 Å². The van der Waals surface area contributed by atoms with Gasteiger partial charge in [-0.3, -0.25) is 0 Å². The second-order valence-corrected chi connectivity index (χ2v) is 12.1. The molecule has 1 aliphatic rings. The number of hydrogen-bond acceptors (Lipinski definition) is 9. The molecule has 0 radical (unpaired) electrons. The summed E-state index contributed by atoms with van der Waals surface area (Å²) in [5, 5.41) is 13.5. The van der Waals surface area contributed by atoms with E-state index in [0.717, 1.165) is 0 Å². The molecule has 36 heavy (non-hydrogen) atoms. The number of aliphatic hydroxyl groups is 1. The van der Waals surface area contributed by atoms with Crippen LogP contribution < -0.4 is 20.9 Å². The Morgan fingerprint density at radius 2 is 1.94 bits per heavy atom. The monoisotopic (exact) mass is 591 g/mol. The number of nitrogens with one attached hydrogen (secondary N) is 2. The summed E-state index contributed by atoms with van der Waals surface area (Å²) in [5.41, 5.74) is -1.23. The van der Waals surface area contributed by atoms with Gasteiger partial charge in [0.15, 0.2) is 0 Å². The van der Waals surface area contributed by atoms with Gasteiger partial charge in [0.25, 0.3) is 0 Å². The van der Waals surface area contributed by atoms with Gasteiger partial charge >= 0.3 is 214 Å². The second kappa shape index (κ2) is 12.3. The van der Waals surface area contributed by atoms with Gasteiger partial charge in [-0.05, 0) is 0 Å². The van der Waals surface area contributed by atoms with Gasteiger partial charge in [-0.1, -0.05) is 0 Å². The van der Waals surface area contributed by atoms with Crippen molar-refractivity contribution in [2.24, 2.45) is 0 Å². The summed E-state index contributed by atoms with van der Waals surface area (Å²) in [7, 11) is -4.16. The predicted octanol–water partition coefficient (Wildman–Crippen LogP) is 1.47. The van der Waals surface area contributed by atoms with E-state index in [0.29, 0.717) is 0 Å². The molecule has 0 spiro atoms. The summed E-state index contributed by atoms with van der Waals surface area (Å²) in [5.74, 6) is 1.47. The molecule has 2 aromatic rings. The van der Waals surface area contributed by atoms with Gasteiger partial charge in [-0.2, -0.15) is 0 Å². The Morgan fingerprint density at radius 3 is 2.56 bits per heavy atom. The fourth-order valence-electron chi connectivity index (χ4n) is 3.47. The van der Waals surface area contributed by atoms with Gasteiger partial charge in [-0.15, -0.1) is 0 Å². The van der Waals surface area contributed by atoms with E-state index >= 15 is 0 Å². The molecule has 3 N–H and O–H groups in total. The van der Waals surface area contributed by atoms with Crippen LogP contribution in [0.4, 0.5) is 0 Å². The Morgan fingerprint density at radius 1 is 1.25 bits per heavy atom. The quantitative estimate of drug-likeness (QED) is 0.199. The molecule has 198 valence electrons. The van der Waals surface area contributed by atoms with Crippen LogP contribution in [0.15, 0.2) is 52.2 Å². The molecule has 1 unspecified atom stereocenters. The maximum absolute atomic E-state index is 13.6. The fraction of sp³-hybridized carbons (Fsp3) is 0.500. The molecule has 3 rings (SSSR count). The van der Waals surface area contributed by atoms with Crippen LogP contribution in [0.25, 0.3) is 0 Å². The zero-order valence-corrected chi connectivity index (χ0v) is 22.8. The minimum absolute atomic E-state index is 0.161. The SMILES string of the molecule is C[Se][C@H]1[C@H](O)[C@@H](COP(=O)(N[C@@H](C)C(=O)OC(C)C)Oc2ccccc2)O[C@H]1n1ccc(=O)[nH]c1=O. The summed E-state index contributed by atoms with van der Waals surface area (Å²) in [4.78, 5) is 37.7. The average molecular weight is 590 g/mol. The third kappa shape index (κ3) is 7.17. The van der Waals surface area contributed by atoms with Gasteiger partial charge in [0.2, 0.25) is 0 Å². The van der Waals surface area contributed by atoms with Crippen LogP contribution in [0.1, 0.15) is 27.0 Å². The topological polar surface area (TPSA) is 158 Å². The molecule has 0 amide bonds. The number of benzene rings is 1. The zero-order valence-electron chi connectivity index (χ0n) is 20.2. The Balaban J connectivity index is 1.78. The molecule has 1 aliphatic heterocycles.